The van der Waals surface area contributed by atoms with Gasteiger partial charge in [-0.3, -0.25) is 9.78 Å². The predicted octanol–water partition coefficient (Wildman–Crippen LogP) is 3.21. The fourth-order valence-corrected chi connectivity index (χ4v) is 3.74. The maximum atomic E-state index is 12.1. The first-order chi connectivity index (χ1) is 12.3. The van der Waals surface area contributed by atoms with Gasteiger partial charge in [-0.05, 0) is 18.2 Å². The van der Waals surface area contributed by atoms with Crippen molar-refractivity contribution in [1.82, 2.24) is 25.1 Å². The molecule has 3 heterocycles. The van der Waals surface area contributed by atoms with Crippen LogP contribution in [-0.2, 0) is 4.79 Å². The van der Waals surface area contributed by atoms with Crippen LogP contribution in [-0.4, -0.2) is 36.8 Å². The molecule has 0 atom stereocenters. The van der Waals surface area contributed by atoms with Crippen LogP contribution in [0.4, 0.5) is 5.69 Å². The van der Waals surface area contributed by atoms with E-state index in [9.17, 15) is 4.79 Å². The smallest absolute Gasteiger partial charge is 0.234 e. The van der Waals surface area contributed by atoms with E-state index in [4.69, 9.17) is 0 Å². The van der Waals surface area contributed by atoms with E-state index in [1.54, 1.807) is 23.7 Å². The number of aromatic amines is 1. The molecule has 0 saturated carbocycles. The third-order valence-electron chi connectivity index (χ3n) is 3.30. The monoisotopic (exact) mass is 368 g/mol. The summed E-state index contributed by atoms with van der Waals surface area (Å²) in [4.78, 5) is 23.7. The number of hydrogen-bond acceptors (Lipinski definition) is 7. The van der Waals surface area contributed by atoms with E-state index in [1.165, 1.54) is 18.1 Å². The van der Waals surface area contributed by atoms with E-state index in [1.807, 2.05) is 30.3 Å². The van der Waals surface area contributed by atoms with E-state index in [2.05, 4.69) is 30.5 Å². The molecule has 0 unspecified atom stereocenters. The summed E-state index contributed by atoms with van der Waals surface area (Å²) in [6.07, 6.45) is 4.84. The molecule has 1 aromatic carbocycles. The minimum Gasteiger partial charge on any atom is -0.324 e. The molecule has 0 fully saturated rings. The molecule has 4 rings (SSSR count). The van der Waals surface area contributed by atoms with Gasteiger partial charge in [0.15, 0.2) is 5.16 Å². The van der Waals surface area contributed by atoms with Crippen molar-refractivity contribution in [2.45, 2.75) is 5.16 Å². The first-order valence-corrected chi connectivity index (χ1v) is 9.18. The van der Waals surface area contributed by atoms with Gasteiger partial charge in [-0.2, -0.15) is 0 Å². The SMILES string of the molecule is O=C(CSc1nnc[nH]1)Nc1cncc(-c2nc3ccccc3s2)c1. The summed E-state index contributed by atoms with van der Waals surface area (Å²) >= 11 is 2.89. The highest BCUT2D eigenvalue weighted by Crippen LogP contribution is 2.30. The number of fused-ring (bicyclic) bond motifs is 1. The van der Waals surface area contributed by atoms with Crippen LogP contribution in [0.2, 0.25) is 0 Å². The van der Waals surface area contributed by atoms with E-state index >= 15 is 0 Å². The number of thioether (sulfide) groups is 1. The van der Waals surface area contributed by atoms with E-state index in [0.717, 1.165) is 20.8 Å². The highest BCUT2D eigenvalue weighted by atomic mass is 32.2. The minimum absolute atomic E-state index is 0.135. The number of carbonyl (C=O) groups is 1. The second-order valence-electron chi connectivity index (χ2n) is 5.08. The molecule has 0 aliphatic rings. The standard InChI is InChI=1S/C16H12N6OS2/c23-14(8-24-16-18-9-19-22-16)20-11-5-10(6-17-7-11)15-21-12-3-1-2-4-13(12)25-15/h1-7,9H,8H2,(H,20,23)(H,18,19,22). The molecule has 0 spiro atoms. The molecular weight excluding hydrogens is 356 g/mol. The summed E-state index contributed by atoms with van der Waals surface area (Å²) in [6, 6.07) is 9.85. The highest BCUT2D eigenvalue weighted by molar-refractivity contribution is 7.99. The Morgan fingerprint density at radius 2 is 2.20 bits per heavy atom. The van der Waals surface area contributed by atoms with Gasteiger partial charge in [-0.15, -0.1) is 21.5 Å². The molecule has 25 heavy (non-hydrogen) atoms. The van der Waals surface area contributed by atoms with Crippen LogP contribution < -0.4 is 5.32 Å². The quantitative estimate of drug-likeness (QED) is 0.525. The second kappa shape index (κ2) is 6.99. The van der Waals surface area contributed by atoms with Gasteiger partial charge in [0.25, 0.3) is 0 Å². The van der Waals surface area contributed by atoms with Crippen molar-refractivity contribution in [3.05, 3.63) is 49.1 Å². The van der Waals surface area contributed by atoms with Gasteiger partial charge in [0, 0.05) is 11.8 Å². The third-order valence-corrected chi connectivity index (χ3v) is 5.26. The number of thiazole rings is 1. The molecule has 3 aromatic heterocycles. The Hall–Kier alpha value is -2.78. The maximum absolute atomic E-state index is 12.1. The molecule has 0 bridgehead atoms. The van der Waals surface area contributed by atoms with Crippen LogP contribution in [0.3, 0.4) is 0 Å². The van der Waals surface area contributed by atoms with Gasteiger partial charge < -0.3 is 10.3 Å². The van der Waals surface area contributed by atoms with Crippen molar-refractivity contribution in [2.75, 3.05) is 11.1 Å². The molecule has 4 aromatic rings. The van der Waals surface area contributed by atoms with Gasteiger partial charge in [0.1, 0.15) is 11.3 Å². The fraction of sp³-hybridized carbons (Fsp3) is 0.0625. The second-order valence-corrected chi connectivity index (χ2v) is 7.07. The number of para-hydroxylation sites is 1. The third kappa shape index (κ3) is 3.67. The number of benzene rings is 1. The summed E-state index contributed by atoms with van der Waals surface area (Å²) in [5.41, 5.74) is 2.47. The van der Waals surface area contributed by atoms with Gasteiger partial charge in [-0.25, -0.2) is 4.98 Å². The normalized spacial score (nSPS) is 10.9. The van der Waals surface area contributed by atoms with Crippen molar-refractivity contribution < 1.29 is 4.79 Å². The molecule has 9 heteroatoms. The Balaban J connectivity index is 1.48. The largest absolute Gasteiger partial charge is 0.324 e. The first-order valence-electron chi connectivity index (χ1n) is 7.37. The maximum Gasteiger partial charge on any atom is 0.234 e. The van der Waals surface area contributed by atoms with E-state index in [-0.39, 0.29) is 11.7 Å². The average molecular weight is 368 g/mol. The number of amides is 1. The number of carbonyl (C=O) groups excluding carboxylic acids is 1. The Labute approximate surface area is 150 Å². The molecule has 0 saturated heterocycles. The highest BCUT2D eigenvalue weighted by Gasteiger charge is 2.09. The lowest BCUT2D eigenvalue weighted by Crippen LogP contribution is -2.14. The summed E-state index contributed by atoms with van der Waals surface area (Å²) in [6.45, 7) is 0. The molecule has 0 radical (unpaired) electrons. The van der Waals surface area contributed by atoms with Gasteiger partial charge >= 0.3 is 0 Å². The van der Waals surface area contributed by atoms with Crippen LogP contribution in [0.1, 0.15) is 0 Å². The lowest BCUT2D eigenvalue weighted by atomic mass is 10.2. The number of hydrogen-bond donors (Lipinski definition) is 2. The Morgan fingerprint density at radius 3 is 3.04 bits per heavy atom. The molecule has 124 valence electrons. The lowest BCUT2D eigenvalue weighted by molar-refractivity contribution is -0.113. The van der Waals surface area contributed by atoms with Crippen molar-refractivity contribution in [2.24, 2.45) is 0 Å². The molecule has 7 nitrogen and oxygen atoms in total. The summed E-state index contributed by atoms with van der Waals surface area (Å²) in [5, 5.41) is 11.8. The number of nitrogens with one attached hydrogen (secondary N) is 2. The summed E-state index contributed by atoms with van der Waals surface area (Å²) in [7, 11) is 0. The van der Waals surface area contributed by atoms with Crippen molar-refractivity contribution in [3.8, 4) is 10.6 Å². The minimum atomic E-state index is -0.135. The molecule has 1 amide bonds. The molecular formula is C16H12N6OS2. The van der Waals surface area contributed by atoms with E-state index in [0.29, 0.717) is 10.8 Å². The lowest BCUT2D eigenvalue weighted by Gasteiger charge is -2.05. The number of nitrogens with zero attached hydrogens (tertiary/aromatic N) is 4. The predicted molar refractivity (Wildman–Crippen MR) is 98.6 cm³/mol. The van der Waals surface area contributed by atoms with Crippen molar-refractivity contribution in [3.63, 3.8) is 0 Å². The number of aromatic nitrogens is 5. The fourth-order valence-electron chi connectivity index (χ4n) is 2.22. The number of pyridine rings is 1. The van der Waals surface area contributed by atoms with Gasteiger partial charge in [0.2, 0.25) is 5.91 Å². The van der Waals surface area contributed by atoms with Gasteiger partial charge in [-0.1, -0.05) is 23.9 Å². The molecule has 2 N–H and O–H groups in total. The zero-order valence-electron chi connectivity index (χ0n) is 12.8. The summed E-state index contributed by atoms with van der Waals surface area (Å²) < 4.78 is 1.12. The number of H-pyrrole nitrogens is 1. The Kier molecular flexibility index (Phi) is 4.40. The van der Waals surface area contributed by atoms with Gasteiger partial charge in [0.05, 0.1) is 27.9 Å². The van der Waals surface area contributed by atoms with E-state index < -0.39 is 0 Å². The average Bonchev–Trinajstić information content (AvgIpc) is 3.29. The Bertz CT molecular complexity index is 981. The first kappa shape index (κ1) is 15.7. The summed E-state index contributed by atoms with van der Waals surface area (Å²) in [5.74, 6) is 0.102. The number of rotatable bonds is 5. The zero-order valence-corrected chi connectivity index (χ0v) is 14.5. The van der Waals surface area contributed by atoms with Crippen LogP contribution in [0.5, 0.6) is 0 Å². The zero-order chi connectivity index (χ0) is 17.1. The Morgan fingerprint density at radius 1 is 1.28 bits per heavy atom. The number of anilines is 1. The topological polar surface area (TPSA) is 96.5 Å². The van der Waals surface area contributed by atoms with Crippen molar-refractivity contribution in [1.29, 1.82) is 0 Å². The van der Waals surface area contributed by atoms with Crippen LogP contribution in [0.15, 0.2) is 54.2 Å². The van der Waals surface area contributed by atoms with Crippen molar-refractivity contribution >= 4 is 44.9 Å². The van der Waals surface area contributed by atoms with Crippen LogP contribution in [0, 0.1) is 0 Å². The molecule has 0 aliphatic carbocycles. The molecule has 0 aliphatic heterocycles. The van der Waals surface area contributed by atoms with Crippen LogP contribution >= 0.6 is 23.1 Å². The van der Waals surface area contributed by atoms with Crippen LogP contribution in [0.25, 0.3) is 20.8 Å².